The molecule has 16 heavy (non-hydrogen) atoms. The van der Waals surface area contributed by atoms with Crippen molar-refractivity contribution >= 4 is 18.6 Å². The second-order valence-electron chi connectivity index (χ2n) is 3.77. The SMILES string of the molecule is O=CC1c2ccc(O)cc2C=CC1(O)C=O. The van der Waals surface area contributed by atoms with E-state index in [1.54, 1.807) is 0 Å². The van der Waals surface area contributed by atoms with Crippen LogP contribution in [0.25, 0.3) is 6.08 Å². The second-order valence-corrected chi connectivity index (χ2v) is 3.77. The fourth-order valence-electron chi connectivity index (χ4n) is 1.86. The van der Waals surface area contributed by atoms with Gasteiger partial charge in [0, 0.05) is 0 Å². The summed E-state index contributed by atoms with van der Waals surface area (Å²) in [5, 5.41) is 19.2. The molecule has 2 atom stereocenters. The van der Waals surface area contributed by atoms with E-state index in [1.165, 1.54) is 30.4 Å². The summed E-state index contributed by atoms with van der Waals surface area (Å²) in [7, 11) is 0. The van der Waals surface area contributed by atoms with Gasteiger partial charge in [-0.2, -0.15) is 0 Å². The van der Waals surface area contributed by atoms with Crippen LogP contribution in [0.3, 0.4) is 0 Å². The molecule has 0 spiro atoms. The minimum Gasteiger partial charge on any atom is -0.508 e. The molecule has 0 fully saturated rings. The Morgan fingerprint density at radius 2 is 2.06 bits per heavy atom. The highest BCUT2D eigenvalue weighted by Crippen LogP contribution is 2.35. The van der Waals surface area contributed by atoms with E-state index >= 15 is 0 Å². The van der Waals surface area contributed by atoms with Crippen LogP contribution in [-0.2, 0) is 9.59 Å². The van der Waals surface area contributed by atoms with Crippen molar-refractivity contribution in [3.63, 3.8) is 0 Å². The minimum atomic E-state index is -1.79. The summed E-state index contributed by atoms with van der Waals surface area (Å²) in [5.74, 6) is -0.852. The average Bonchev–Trinajstić information content (AvgIpc) is 2.29. The van der Waals surface area contributed by atoms with Crippen molar-refractivity contribution in [1.29, 1.82) is 0 Å². The first-order valence-corrected chi connectivity index (χ1v) is 4.77. The lowest BCUT2D eigenvalue weighted by molar-refractivity contribution is -0.126. The Morgan fingerprint density at radius 1 is 1.31 bits per heavy atom. The summed E-state index contributed by atoms with van der Waals surface area (Å²) in [4.78, 5) is 21.8. The minimum absolute atomic E-state index is 0.0737. The van der Waals surface area contributed by atoms with E-state index in [2.05, 4.69) is 0 Å². The number of aliphatic hydroxyl groups is 1. The average molecular weight is 218 g/mol. The van der Waals surface area contributed by atoms with Gasteiger partial charge in [0.2, 0.25) is 0 Å². The number of carbonyl (C=O) groups is 2. The number of phenolic OH excluding ortho intramolecular Hbond substituents is 1. The van der Waals surface area contributed by atoms with E-state index < -0.39 is 11.5 Å². The number of hydrogen-bond donors (Lipinski definition) is 2. The number of fused-ring (bicyclic) bond motifs is 1. The number of hydrogen-bond acceptors (Lipinski definition) is 4. The number of carbonyl (C=O) groups excluding carboxylic acids is 2. The molecule has 2 rings (SSSR count). The summed E-state index contributed by atoms with van der Waals surface area (Å²) in [5.41, 5.74) is -0.625. The molecule has 0 heterocycles. The Bertz CT molecular complexity index is 478. The van der Waals surface area contributed by atoms with E-state index in [0.29, 0.717) is 23.7 Å². The number of aromatic hydroxyl groups is 1. The predicted molar refractivity (Wildman–Crippen MR) is 57.0 cm³/mol. The molecule has 0 saturated heterocycles. The maximum Gasteiger partial charge on any atom is 0.156 e. The standard InChI is InChI=1S/C12H10O4/c13-6-11-10-2-1-9(15)5-8(10)3-4-12(11,16)7-14/h1-7,11,15-16H. The molecule has 4 heteroatoms. The summed E-state index contributed by atoms with van der Waals surface area (Å²) in [6.07, 6.45) is 3.66. The van der Waals surface area contributed by atoms with Crippen molar-refractivity contribution in [3.8, 4) is 5.75 Å². The highest BCUT2D eigenvalue weighted by atomic mass is 16.3. The Labute approximate surface area is 91.8 Å². The Morgan fingerprint density at radius 3 is 2.69 bits per heavy atom. The van der Waals surface area contributed by atoms with Crippen LogP contribution in [0, 0.1) is 0 Å². The van der Waals surface area contributed by atoms with Crippen LogP contribution in [0.5, 0.6) is 5.75 Å². The van der Waals surface area contributed by atoms with Crippen molar-refractivity contribution in [2.24, 2.45) is 0 Å². The third kappa shape index (κ3) is 1.44. The molecule has 0 bridgehead atoms. The third-order valence-electron chi connectivity index (χ3n) is 2.76. The molecule has 1 aromatic rings. The van der Waals surface area contributed by atoms with Crippen molar-refractivity contribution in [1.82, 2.24) is 0 Å². The predicted octanol–water partition coefficient (Wildman–Crippen LogP) is 0.631. The van der Waals surface area contributed by atoms with Crippen LogP contribution in [0.1, 0.15) is 17.0 Å². The van der Waals surface area contributed by atoms with E-state index in [-0.39, 0.29) is 5.75 Å². The van der Waals surface area contributed by atoms with Gasteiger partial charge in [-0.3, -0.25) is 4.79 Å². The summed E-state index contributed by atoms with van der Waals surface area (Å²) in [6.45, 7) is 0. The molecule has 1 aromatic carbocycles. The lowest BCUT2D eigenvalue weighted by atomic mass is 9.77. The van der Waals surface area contributed by atoms with Gasteiger partial charge in [-0.25, -0.2) is 0 Å². The molecular weight excluding hydrogens is 208 g/mol. The fourth-order valence-corrected chi connectivity index (χ4v) is 1.86. The quantitative estimate of drug-likeness (QED) is 0.714. The van der Waals surface area contributed by atoms with Gasteiger partial charge >= 0.3 is 0 Å². The Balaban J connectivity index is 2.61. The van der Waals surface area contributed by atoms with E-state index in [0.717, 1.165) is 0 Å². The first-order chi connectivity index (χ1) is 7.60. The largest absolute Gasteiger partial charge is 0.508 e. The van der Waals surface area contributed by atoms with Crippen LogP contribution in [0.4, 0.5) is 0 Å². The monoisotopic (exact) mass is 218 g/mol. The maximum absolute atomic E-state index is 11.0. The molecule has 1 aliphatic rings. The van der Waals surface area contributed by atoms with E-state index in [1.807, 2.05) is 0 Å². The van der Waals surface area contributed by atoms with Gasteiger partial charge in [0.15, 0.2) is 11.9 Å². The van der Waals surface area contributed by atoms with Crippen LogP contribution >= 0.6 is 0 Å². The van der Waals surface area contributed by atoms with E-state index in [4.69, 9.17) is 0 Å². The number of phenols is 1. The molecule has 2 N–H and O–H groups in total. The first-order valence-electron chi connectivity index (χ1n) is 4.77. The van der Waals surface area contributed by atoms with Crippen molar-refractivity contribution in [2.45, 2.75) is 11.5 Å². The number of aldehydes is 2. The van der Waals surface area contributed by atoms with Gasteiger partial charge in [-0.05, 0) is 29.3 Å². The van der Waals surface area contributed by atoms with Crippen LogP contribution < -0.4 is 0 Å². The van der Waals surface area contributed by atoms with Gasteiger partial charge in [-0.1, -0.05) is 12.1 Å². The first kappa shape index (κ1) is 10.6. The van der Waals surface area contributed by atoms with E-state index in [9.17, 15) is 19.8 Å². The molecule has 2 unspecified atom stereocenters. The molecule has 0 aliphatic heterocycles. The zero-order valence-electron chi connectivity index (χ0n) is 8.33. The molecule has 1 aliphatic carbocycles. The van der Waals surface area contributed by atoms with Crippen LogP contribution in [0.2, 0.25) is 0 Å². The second kappa shape index (κ2) is 3.57. The molecule has 0 aromatic heterocycles. The van der Waals surface area contributed by atoms with Gasteiger partial charge < -0.3 is 15.0 Å². The highest BCUT2D eigenvalue weighted by molar-refractivity contribution is 5.84. The third-order valence-corrected chi connectivity index (χ3v) is 2.76. The summed E-state index contributed by atoms with van der Waals surface area (Å²) < 4.78 is 0. The van der Waals surface area contributed by atoms with Crippen LogP contribution in [0.15, 0.2) is 24.3 Å². The molecule has 82 valence electrons. The summed E-state index contributed by atoms with van der Waals surface area (Å²) in [6, 6.07) is 4.42. The molecule has 4 nitrogen and oxygen atoms in total. The number of benzene rings is 1. The topological polar surface area (TPSA) is 74.6 Å². The number of rotatable bonds is 2. The lowest BCUT2D eigenvalue weighted by Crippen LogP contribution is -2.38. The van der Waals surface area contributed by atoms with Crippen molar-refractivity contribution < 1.29 is 19.8 Å². The normalized spacial score (nSPS) is 27.2. The smallest absolute Gasteiger partial charge is 0.156 e. The Hall–Kier alpha value is -1.94. The molecule has 0 amide bonds. The molecule has 0 saturated carbocycles. The Kier molecular flexibility index (Phi) is 2.36. The van der Waals surface area contributed by atoms with Gasteiger partial charge in [0.05, 0.1) is 5.92 Å². The summed E-state index contributed by atoms with van der Waals surface area (Å²) >= 11 is 0. The van der Waals surface area contributed by atoms with Crippen LogP contribution in [-0.4, -0.2) is 28.4 Å². The van der Waals surface area contributed by atoms with Gasteiger partial charge in [0.1, 0.15) is 12.0 Å². The van der Waals surface area contributed by atoms with Gasteiger partial charge in [0.25, 0.3) is 0 Å². The zero-order valence-corrected chi connectivity index (χ0v) is 8.33. The zero-order chi connectivity index (χ0) is 11.8. The highest BCUT2D eigenvalue weighted by Gasteiger charge is 2.38. The molecular formula is C12H10O4. The van der Waals surface area contributed by atoms with Crippen molar-refractivity contribution in [3.05, 3.63) is 35.4 Å². The fraction of sp³-hybridized carbons (Fsp3) is 0.167. The molecule has 0 radical (unpaired) electrons. The maximum atomic E-state index is 11.0. The van der Waals surface area contributed by atoms with Gasteiger partial charge in [-0.15, -0.1) is 0 Å². The lowest BCUT2D eigenvalue weighted by Gasteiger charge is -2.29. The van der Waals surface area contributed by atoms with Crippen molar-refractivity contribution in [2.75, 3.05) is 0 Å².